The van der Waals surface area contributed by atoms with Crippen molar-refractivity contribution < 1.29 is 4.79 Å². The smallest absolute Gasteiger partial charge is 0.134 e. The Hall–Kier alpha value is -0.840. The fourth-order valence-electron chi connectivity index (χ4n) is 2.15. The molecule has 2 atom stereocenters. The van der Waals surface area contributed by atoms with Crippen LogP contribution in [-0.4, -0.2) is 5.78 Å². The Morgan fingerprint density at radius 2 is 2.18 bits per heavy atom. The molecule has 2 unspecified atom stereocenters. The van der Waals surface area contributed by atoms with Gasteiger partial charge in [0.2, 0.25) is 0 Å². The van der Waals surface area contributed by atoms with Crippen LogP contribution < -0.4 is 0 Å². The van der Waals surface area contributed by atoms with Crippen molar-refractivity contribution in [1.29, 1.82) is 5.26 Å². The van der Waals surface area contributed by atoms with E-state index in [1.807, 2.05) is 13.8 Å². The number of Topliss-reactive ketones (excluding diaryl/α,β-unsaturated/α-hetero) is 1. The summed E-state index contributed by atoms with van der Waals surface area (Å²) in [5, 5.41) is 8.64. The number of nitrogens with zero attached hydrogens (tertiary/aromatic N) is 1. The third-order valence-electron chi connectivity index (χ3n) is 2.59. The van der Waals surface area contributed by atoms with Crippen LogP contribution in [0.5, 0.6) is 0 Å². The first kappa shape index (κ1) is 8.26. The van der Waals surface area contributed by atoms with Crippen molar-refractivity contribution in [3.05, 3.63) is 0 Å². The summed E-state index contributed by atoms with van der Waals surface area (Å²) in [5.41, 5.74) is 0.0617. The molecule has 0 aliphatic heterocycles. The second-order valence-corrected chi connectivity index (χ2v) is 4.02. The molecule has 1 aliphatic rings. The molecule has 0 aromatic carbocycles. The minimum atomic E-state index is -0.0255. The molecule has 1 aliphatic carbocycles. The molecule has 0 aromatic rings. The van der Waals surface area contributed by atoms with Gasteiger partial charge in [-0.05, 0) is 18.8 Å². The van der Waals surface area contributed by atoms with Crippen LogP contribution in [0.25, 0.3) is 0 Å². The average Bonchev–Trinajstić information content (AvgIpc) is 1.81. The van der Waals surface area contributed by atoms with Crippen molar-refractivity contribution in [1.82, 2.24) is 0 Å². The highest BCUT2D eigenvalue weighted by Crippen LogP contribution is 2.50. The SMILES string of the molecule is CC(=O)C1C(C#N)CC1(C)C. The van der Waals surface area contributed by atoms with Crippen molar-refractivity contribution >= 4 is 5.78 Å². The van der Waals surface area contributed by atoms with E-state index in [1.165, 1.54) is 0 Å². The van der Waals surface area contributed by atoms with E-state index in [4.69, 9.17) is 5.26 Å². The van der Waals surface area contributed by atoms with Gasteiger partial charge < -0.3 is 0 Å². The summed E-state index contributed by atoms with van der Waals surface area (Å²) in [6.07, 6.45) is 0.869. The molecule has 1 rings (SSSR count). The third kappa shape index (κ3) is 1.16. The molecule has 11 heavy (non-hydrogen) atoms. The Morgan fingerprint density at radius 1 is 1.64 bits per heavy atom. The van der Waals surface area contributed by atoms with E-state index >= 15 is 0 Å². The monoisotopic (exact) mass is 151 g/mol. The second-order valence-electron chi connectivity index (χ2n) is 4.02. The highest BCUT2D eigenvalue weighted by molar-refractivity contribution is 5.81. The van der Waals surface area contributed by atoms with Crippen LogP contribution in [0.3, 0.4) is 0 Å². The molecule has 2 nitrogen and oxygen atoms in total. The zero-order valence-electron chi connectivity index (χ0n) is 7.22. The van der Waals surface area contributed by atoms with Crippen molar-refractivity contribution in [3.8, 4) is 6.07 Å². The van der Waals surface area contributed by atoms with Gasteiger partial charge in [0.05, 0.1) is 12.0 Å². The fourth-order valence-corrected chi connectivity index (χ4v) is 2.15. The van der Waals surface area contributed by atoms with Gasteiger partial charge in [-0.3, -0.25) is 4.79 Å². The van der Waals surface area contributed by atoms with E-state index in [1.54, 1.807) is 6.92 Å². The van der Waals surface area contributed by atoms with Crippen LogP contribution >= 0.6 is 0 Å². The molecule has 0 bridgehead atoms. The van der Waals surface area contributed by atoms with Crippen molar-refractivity contribution in [2.24, 2.45) is 17.3 Å². The molecule has 0 N–H and O–H groups in total. The Bertz CT molecular complexity index is 224. The van der Waals surface area contributed by atoms with E-state index in [-0.39, 0.29) is 23.0 Å². The molecule has 1 saturated carbocycles. The van der Waals surface area contributed by atoms with Gasteiger partial charge in [0.1, 0.15) is 5.78 Å². The molecule has 2 heteroatoms. The summed E-state index contributed by atoms with van der Waals surface area (Å²) in [4.78, 5) is 11.1. The maximum Gasteiger partial charge on any atom is 0.134 e. The van der Waals surface area contributed by atoms with Gasteiger partial charge in [0.15, 0.2) is 0 Å². The lowest BCUT2D eigenvalue weighted by Gasteiger charge is -2.46. The normalized spacial score (nSPS) is 33.6. The fraction of sp³-hybridized carbons (Fsp3) is 0.778. The minimum Gasteiger partial charge on any atom is -0.300 e. The van der Waals surface area contributed by atoms with Crippen LogP contribution in [0.4, 0.5) is 0 Å². The van der Waals surface area contributed by atoms with Crippen molar-refractivity contribution in [2.75, 3.05) is 0 Å². The number of hydrogen-bond donors (Lipinski definition) is 0. The summed E-state index contributed by atoms with van der Waals surface area (Å²) in [6, 6.07) is 2.17. The first-order valence-electron chi connectivity index (χ1n) is 3.89. The Morgan fingerprint density at radius 3 is 2.36 bits per heavy atom. The van der Waals surface area contributed by atoms with Gasteiger partial charge in [-0.15, -0.1) is 0 Å². The molecular weight excluding hydrogens is 138 g/mol. The average molecular weight is 151 g/mol. The predicted octanol–water partition coefficient (Wildman–Crippen LogP) is 1.76. The van der Waals surface area contributed by atoms with Crippen LogP contribution in [0, 0.1) is 28.6 Å². The van der Waals surface area contributed by atoms with Gasteiger partial charge in [0.25, 0.3) is 0 Å². The van der Waals surface area contributed by atoms with Gasteiger partial charge in [-0.2, -0.15) is 5.26 Å². The minimum absolute atomic E-state index is 0.0208. The summed E-state index contributed by atoms with van der Waals surface area (Å²) < 4.78 is 0. The standard InChI is InChI=1S/C9H13NO/c1-6(11)8-7(5-10)4-9(8,2)3/h7-8H,4H2,1-3H3. The maximum atomic E-state index is 11.1. The van der Waals surface area contributed by atoms with Crippen molar-refractivity contribution in [3.63, 3.8) is 0 Å². The molecule has 0 amide bonds. The number of rotatable bonds is 1. The third-order valence-corrected chi connectivity index (χ3v) is 2.59. The number of hydrogen-bond acceptors (Lipinski definition) is 2. The molecule has 0 spiro atoms. The molecule has 60 valence electrons. The number of carbonyl (C=O) groups is 1. The summed E-state index contributed by atoms with van der Waals surface area (Å²) in [5.74, 6) is 0.114. The summed E-state index contributed by atoms with van der Waals surface area (Å²) >= 11 is 0. The highest BCUT2D eigenvalue weighted by Gasteiger charge is 2.49. The Labute approximate surface area is 67.2 Å². The number of carbonyl (C=O) groups excluding carboxylic acids is 1. The lowest BCUT2D eigenvalue weighted by Crippen LogP contribution is -2.47. The van der Waals surface area contributed by atoms with Crippen LogP contribution in [-0.2, 0) is 4.79 Å². The Balaban J connectivity index is 2.74. The lowest BCUT2D eigenvalue weighted by molar-refractivity contribution is -0.133. The summed E-state index contributed by atoms with van der Waals surface area (Å²) in [7, 11) is 0. The molecular formula is C9H13NO. The molecule has 1 fully saturated rings. The highest BCUT2D eigenvalue weighted by atomic mass is 16.1. The van der Waals surface area contributed by atoms with Crippen LogP contribution in [0.1, 0.15) is 27.2 Å². The second kappa shape index (κ2) is 2.34. The lowest BCUT2D eigenvalue weighted by atomic mass is 9.55. The molecule has 0 aromatic heterocycles. The van der Waals surface area contributed by atoms with Gasteiger partial charge in [-0.25, -0.2) is 0 Å². The largest absolute Gasteiger partial charge is 0.300 e. The zero-order chi connectivity index (χ0) is 8.65. The number of nitriles is 1. The first-order valence-corrected chi connectivity index (χ1v) is 3.89. The van der Waals surface area contributed by atoms with Crippen molar-refractivity contribution in [2.45, 2.75) is 27.2 Å². The van der Waals surface area contributed by atoms with Crippen LogP contribution in [0.15, 0.2) is 0 Å². The summed E-state index contributed by atoms with van der Waals surface area (Å²) in [6.45, 7) is 5.68. The zero-order valence-corrected chi connectivity index (χ0v) is 7.22. The molecule has 0 heterocycles. The van der Waals surface area contributed by atoms with E-state index in [9.17, 15) is 4.79 Å². The van der Waals surface area contributed by atoms with Gasteiger partial charge in [-0.1, -0.05) is 13.8 Å². The van der Waals surface area contributed by atoms with Gasteiger partial charge >= 0.3 is 0 Å². The van der Waals surface area contributed by atoms with E-state index in [2.05, 4.69) is 6.07 Å². The van der Waals surface area contributed by atoms with Crippen LogP contribution in [0.2, 0.25) is 0 Å². The Kier molecular flexibility index (Phi) is 1.75. The quantitative estimate of drug-likeness (QED) is 0.573. The maximum absolute atomic E-state index is 11.1. The predicted molar refractivity (Wildman–Crippen MR) is 41.7 cm³/mol. The molecule has 0 radical (unpaired) electrons. The van der Waals surface area contributed by atoms with Gasteiger partial charge in [0, 0.05) is 5.92 Å². The number of ketones is 1. The van der Waals surface area contributed by atoms with E-state index in [0.717, 1.165) is 6.42 Å². The molecule has 0 saturated heterocycles. The van der Waals surface area contributed by atoms with E-state index in [0.29, 0.717) is 0 Å². The first-order chi connectivity index (χ1) is 4.99. The topological polar surface area (TPSA) is 40.9 Å². The van der Waals surface area contributed by atoms with E-state index < -0.39 is 0 Å².